The first kappa shape index (κ1) is 11.8. The summed E-state index contributed by atoms with van der Waals surface area (Å²) in [5.41, 5.74) is 1.16. The highest BCUT2D eigenvalue weighted by molar-refractivity contribution is 5.44. The van der Waals surface area contributed by atoms with Gasteiger partial charge in [0.25, 0.3) is 0 Å². The average molecular weight is 231 g/mol. The molecule has 1 N–H and O–H groups in total. The van der Waals surface area contributed by atoms with Gasteiger partial charge in [-0.05, 0) is 24.1 Å². The first-order valence-electron chi connectivity index (χ1n) is 5.91. The highest BCUT2D eigenvalue weighted by Crippen LogP contribution is 2.32. The van der Waals surface area contributed by atoms with Gasteiger partial charge >= 0.3 is 0 Å². The quantitative estimate of drug-likeness (QED) is 0.789. The fourth-order valence-corrected chi connectivity index (χ4v) is 1.82. The molecule has 1 aliphatic heterocycles. The fraction of sp³-hybridized carbons (Fsp3) is 0.429. The largest absolute Gasteiger partial charge is 0.454 e. The van der Waals surface area contributed by atoms with Crippen LogP contribution in [-0.4, -0.2) is 12.8 Å². The Labute approximate surface area is 102 Å². The Bertz CT molecular complexity index is 423. The molecule has 17 heavy (non-hydrogen) atoms. The van der Waals surface area contributed by atoms with Gasteiger partial charge in [0.1, 0.15) is 0 Å². The summed E-state index contributed by atoms with van der Waals surface area (Å²) in [5, 5.41) is 3.35. The van der Waals surface area contributed by atoms with Crippen molar-refractivity contribution in [1.82, 2.24) is 5.32 Å². The molecule has 0 fully saturated rings. The van der Waals surface area contributed by atoms with Gasteiger partial charge < -0.3 is 9.47 Å². The molecule has 1 atom stereocenters. The Morgan fingerprint density at radius 2 is 2.24 bits per heavy atom. The topological polar surface area (TPSA) is 30.5 Å². The van der Waals surface area contributed by atoms with E-state index in [4.69, 9.17) is 15.9 Å². The fourth-order valence-electron chi connectivity index (χ4n) is 1.82. The molecule has 1 aliphatic rings. The minimum atomic E-state index is 0.144. The monoisotopic (exact) mass is 231 g/mol. The van der Waals surface area contributed by atoms with E-state index >= 15 is 0 Å². The van der Waals surface area contributed by atoms with Crippen molar-refractivity contribution >= 4 is 0 Å². The second-order valence-electron chi connectivity index (χ2n) is 4.08. The molecule has 90 valence electrons. The lowest BCUT2D eigenvalue weighted by Crippen LogP contribution is -2.26. The van der Waals surface area contributed by atoms with E-state index in [1.54, 1.807) is 0 Å². The lowest BCUT2D eigenvalue weighted by atomic mass is 10.1. The number of benzene rings is 1. The molecule has 0 amide bonds. The zero-order valence-electron chi connectivity index (χ0n) is 10.0. The van der Waals surface area contributed by atoms with Crippen LogP contribution in [0.1, 0.15) is 25.3 Å². The van der Waals surface area contributed by atoms with Crippen LogP contribution in [0.5, 0.6) is 11.5 Å². The van der Waals surface area contributed by atoms with E-state index in [-0.39, 0.29) is 6.04 Å². The van der Waals surface area contributed by atoms with Gasteiger partial charge in [0, 0.05) is 6.54 Å². The molecule has 1 heterocycles. The van der Waals surface area contributed by atoms with E-state index in [0.717, 1.165) is 36.4 Å². The van der Waals surface area contributed by atoms with Gasteiger partial charge in [-0.2, -0.15) is 0 Å². The first-order chi connectivity index (χ1) is 8.33. The third kappa shape index (κ3) is 2.92. The molecule has 3 nitrogen and oxygen atoms in total. The third-order valence-electron chi connectivity index (χ3n) is 2.77. The number of fused-ring (bicyclic) bond motifs is 1. The maximum absolute atomic E-state index is 5.46. The second kappa shape index (κ2) is 5.60. The van der Waals surface area contributed by atoms with E-state index < -0.39 is 0 Å². The minimum absolute atomic E-state index is 0.144. The van der Waals surface area contributed by atoms with Crippen LogP contribution in [0.3, 0.4) is 0 Å². The first-order valence-corrected chi connectivity index (χ1v) is 5.91. The molecule has 1 aromatic carbocycles. The van der Waals surface area contributed by atoms with Crippen molar-refractivity contribution in [3.05, 3.63) is 23.8 Å². The van der Waals surface area contributed by atoms with Crippen molar-refractivity contribution in [3.8, 4) is 23.8 Å². The molecule has 0 radical (unpaired) electrons. The maximum atomic E-state index is 5.46. The van der Waals surface area contributed by atoms with Crippen molar-refractivity contribution in [2.24, 2.45) is 0 Å². The van der Waals surface area contributed by atoms with Gasteiger partial charge in [-0.25, -0.2) is 0 Å². The summed E-state index contributed by atoms with van der Waals surface area (Å²) in [6.45, 7) is 3.20. The summed E-state index contributed by atoms with van der Waals surface area (Å²) in [4.78, 5) is 0. The summed E-state index contributed by atoms with van der Waals surface area (Å²) in [6, 6.07) is 6.10. The van der Waals surface area contributed by atoms with Gasteiger partial charge in [0.15, 0.2) is 11.5 Å². The minimum Gasteiger partial charge on any atom is -0.454 e. The van der Waals surface area contributed by atoms with Crippen LogP contribution in [0.15, 0.2) is 18.2 Å². The summed E-state index contributed by atoms with van der Waals surface area (Å²) in [7, 11) is 0. The van der Waals surface area contributed by atoms with E-state index in [9.17, 15) is 0 Å². The van der Waals surface area contributed by atoms with E-state index in [1.807, 2.05) is 18.2 Å². The van der Waals surface area contributed by atoms with Gasteiger partial charge in [-0.1, -0.05) is 25.3 Å². The van der Waals surface area contributed by atoms with Crippen molar-refractivity contribution in [1.29, 1.82) is 0 Å². The summed E-state index contributed by atoms with van der Waals surface area (Å²) < 4.78 is 10.6. The second-order valence-corrected chi connectivity index (χ2v) is 4.08. The summed E-state index contributed by atoms with van der Waals surface area (Å²) in [5.74, 6) is 4.39. The highest BCUT2D eigenvalue weighted by Gasteiger charge is 2.13. The Morgan fingerprint density at radius 3 is 3.00 bits per heavy atom. The van der Waals surface area contributed by atoms with Crippen molar-refractivity contribution in [2.75, 3.05) is 6.79 Å². The molecule has 0 spiro atoms. The number of hydrogen-bond donors (Lipinski definition) is 1. The standard InChI is InChI=1S/C14H17NO2/c1-3-5-12(4-2)15-9-11-6-7-13-14(8-11)17-10-16-13/h2,6-8,12,15H,3,5,9-10H2,1H3. The number of nitrogens with one attached hydrogen (secondary N) is 1. The predicted octanol–water partition coefficient (Wildman–Crippen LogP) is 2.31. The zero-order valence-corrected chi connectivity index (χ0v) is 10.0. The summed E-state index contributed by atoms with van der Waals surface area (Å²) in [6.07, 6.45) is 7.54. The molecule has 2 rings (SSSR count). The van der Waals surface area contributed by atoms with E-state index in [0.29, 0.717) is 6.79 Å². The number of terminal acetylenes is 1. The lowest BCUT2D eigenvalue weighted by Gasteiger charge is -2.12. The molecule has 1 unspecified atom stereocenters. The van der Waals surface area contributed by atoms with Gasteiger partial charge in [0.05, 0.1) is 6.04 Å². The molecule has 0 bridgehead atoms. The van der Waals surface area contributed by atoms with Crippen LogP contribution in [0.2, 0.25) is 0 Å². The Balaban J connectivity index is 1.93. The molecule has 0 aliphatic carbocycles. The zero-order chi connectivity index (χ0) is 12.1. The Hall–Kier alpha value is -1.66. The Morgan fingerprint density at radius 1 is 1.41 bits per heavy atom. The van der Waals surface area contributed by atoms with Crippen molar-refractivity contribution in [3.63, 3.8) is 0 Å². The average Bonchev–Trinajstić information content (AvgIpc) is 2.81. The molecule has 0 saturated carbocycles. The van der Waals surface area contributed by atoms with Crippen LogP contribution in [0.25, 0.3) is 0 Å². The highest BCUT2D eigenvalue weighted by atomic mass is 16.7. The van der Waals surface area contributed by atoms with Gasteiger partial charge in [-0.3, -0.25) is 5.32 Å². The summed E-state index contributed by atoms with van der Waals surface area (Å²) >= 11 is 0. The van der Waals surface area contributed by atoms with Crippen LogP contribution in [-0.2, 0) is 6.54 Å². The van der Waals surface area contributed by atoms with Crippen molar-refractivity contribution < 1.29 is 9.47 Å². The molecular weight excluding hydrogens is 214 g/mol. The van der Waals surface area contributed by atoms with Crippen LogP contribution in [0, 0.1) is 12.3 Å². The molecule has 0 aromatic heterocycles. The van der Waals surface area contributed by atoms with Gasteiger partial charge in [-0.15, -0.1) is 6.42 Å². The number of ether oxygens (including phenoxy) is 2. The smallest absolute Gasteiger partial charge is 0.231 e. The SMILES string of the molecule is C#CC(CCC)NCc1ccc2c(c1)OCO2. The number of rotatable bonds is 5. The van der Waals surface area contributed by atoms with E-state index in [1.165, 1.54) is 0 Å². The van der Waals surface area contributed by atoms with Crippen LogP contribution in [0.4, 0.5) is 0 Å². The lowest BCUT2D eigenvalue weighted by molar-refractivity contribution is 0.174. The maximum Gasteiger partial charge on any atom is 0.231 e. The van der Waals surface area contributed by atoms with Crippen LogP contribution >= 0.6 is 0 Å². The van der Waals surface area contributed by atoms with Crippen molar-refractivity contribution in [2.45, 2.75) is 32.4 Å². The molecule has 3 heteroatoms. The third-order valence-corrected chi connectivity index (χ3v) is 2.77. The number of hydrogen-bond acceptors (Lipinski definition) is 3. The molecule has 0 saturated heterocycles. The van der Waals surface area contributed by atoms with E-state index in [2.05, 4.69) is 18.2 Å². The Kier molecular flexibility index (Phi) is 3.89. The normalized spacial score (nSPS) is 14.4. The predicted molar refractivity (Wildman–Crippen MR) is 66.9 cm³/mol. The molecule has 1 aromatic rings. The van der Waals surface area contributed by atoms with Crippen LogP contribution < -0.4 is 14.8 Å². The van der Waals surface area contributed by atoms with Gasteiger partial charge in [0.2, 0.25) is 6.79 Å². The molecular formula is C14H17NO2.